The molecule has 8 nitrogen and oxygen atoms in total. The maximum absolute atomic E-state index is 12.7. The Labute approximate surface area is 179 Å². The predicted octanol–water partition coefficient (Wildman–Crippen LogP) is 2.42. The minimum absolute atomic E-state index is 0.0104. The second kappa shape index (κ2) is 9.41. The number of carbonyl (C=O) groups excluding carboxylic acids is 1. The van der Waals surface area contributed by atoms with E-state index >= 15 is 0 Å². The van der Waals surface area contributed by atoms with E-state index in [1.807, 2.05) is 0 Å². The van der Waals surface area contributed by atoms with Crippen molar-refractivity contribution in [1.29, 1.82) is 0 Å². The van der Waals surface area contributed by atoms with Crippen molar-refractivity contribution in [3.8, 4) is 11.5 Å². The lowest BCUT2D eigenvalue weighted by Crippen LogP contribution is -2.38. The minimum atomic E-state index is -4.94. The maximum atomic E-state index is 12.7. The molecule has 2 N–H and O–H groups in total. The zero-order valence-electron chi connectivity index (χ0n) is 16.7. The number of aromatic amines is 1. The highest BCUT2D eigenvalue weighted by molar-refractivity contribution is 5.92. The summed E-state index contributed by atoms with van der Waals surface area (Å²) in [5.41, 5.74) is -1.09. The van der Waals surface area contributed by atoms with Crippen LogP contribution in [-0.2, 0) is 13.1 Å². The van der Waals surface area contributed by atoms with Crippen molar-refractivity contribution in [2.24, 2.45) is 0 Å². The highest BCUT2D eigenvalue weighted by Gasteiger charge is 2.32. The predicted molar refractivity (Wildman–Crippen MR) is 108 cm³/mol. The molecule has 1 heterocycles. The lowest BCUT2D eigenvalue weighted by Gasteiger charge is -2.15. The normalized spacial score (nSPS) is 11.1. The number of H-pyrrole nitrogens is 1. The van der Waals surface area contributed by atoms with Crippen molar-refractivity contribution in [3.63, 3.8) is 0 Å². The van der Waals surface area contributed by atoms with Crippen LogP contribution in [0.2, 0.25) is 0 Å². The molecule has 3 rings (SSSR count). The fourth-order valence-electron chi connectivity index (χ4n) is 2.86. The highest BCUT2D eigenvalue weighted by Crippen LogP contribution is 2.30. The Balaban J connectivity index is 1.77. The van der Waals surface area contributed by atoms with Crippen LogP contribution in [0.5, 0.6) is 11.5 Å². The summed E-state index contributed by atoms with van der Waals surface area (Å²) in [5, 5.41) is 2.36. The van der Waals surface area contributed by atoms with Gasteiger partial charge in [0.1, 0.15) is 17.2 Å². The standard InChI is InChI=1S/C21H18F3N3O5/c1-31-15-8-7-14(17(9-15)32-21(22,23)24)11-25-19(29)16-10-18(28)27(20(30)26-16)12-13-5-3-2-4-6-13/h2-10H,11-12H2,1H3,(H,25,29)(H,26,30). The number of nitrogens with one attached hydrogen (secondary N) is 2. The molecule has 0 unspecified atom stereocenters. The van der Waals surface area contributed by atoms with Gasteiger partial charge in [0.25, 0.3) is 11.5 Å². The summed E-state index contributed by atoms with van der Waals surface area (Å²) < 4.78 is 47.8. The first-order valence-corrected chi connectivity index (χ1v) is 9.25. The van der Waals surface area contributed by atoms with Gasteiger partial charge in [-0.05, 0) is 17.7 Å². The molecule has 168 valence electrons. The third kappa shape index (κ3) is 5.78. The van der Waals surface area contributed by atoms with E-state index in [-0.39, 0.29) is 30.1 Å². The van der Waals surface area contributed by atoms with Gasteiger partial charge in [0.2, 0.25) is 0 Å². The van der Waals surface area contributed by atoms with Crippen LogP contribution < -0.4 is 26.0 Å². The number of halogens is 3. The summed E-state index contributed by atoms with van der Waals surface area (Å²) in [7, 11) is 1.28. The monoisotopic (exact) mass is 449 g/mol. The SMILES string of the molecule is COc1ccc(CNC(=O)c2cc(=O)n(Cc3ccccc3)c(=O)[nH]2)c(OC(F)(F)F)c1. The van der Waals surface area contributed by atoms with Crippen LogP contribution in [0.3, 0.4) is 0 Å². The second-order valence-corrected chi connectivity index (χ2v) is 6.60. The number of methoxy groups -OCH3 is 1. The van der Waals surface area contributed by atoms with Crippen LogP contribution >= 0.6 is 0 Å². The van der Waals surface area contributed by atoms with Crippen LogP contribution in [0.1, 0.15) is 21.6 Å². The molecule has 0 spiro atoms. The first-order valence-electron chi connectivity index (χ1n) is 9.25. The van der Waals surface area contributed by atoms with Gasteiger partial charge in [-0.1, -0.05) is 30.3 Å². The van der Waals surface area contributed by atoms with Gasteiger partial charge in [-0.25, -0.2) is 4.79 Å². The molecule has 0 aliphatic rings. The lowest BCUT2D eigenvalue weighted by molar-refractivity contribution is -0.274. The van der Waals surface area contributed by atoms with Crippen molar-refractivity contribution in [2.45, 2.75) is 19.5 Å². The van der Waals surface area contributed by atoms with E-state index in [4.69, 9.17) is 4.74 Å². The number of aromatic nitrogens is 2. The summed E-state index contributed by atoms with van der Waals surface area (Å²) in [4.78, 5) is 39.3. The Morgan fingerprint density at radius 3 is 2.44 bits per heavy atom. The molecule has 3 aromatic rings. The quantitative estimate of drug-likeness (QED) is 0.577. The van der Waals surface area contributed by atoms with Gasteiger partial charge in [-0.3, -0.25) is 14.2 Å². The first kappa shape index (κ1) is 22.7. The molecule has 0 saturated carbocycles. The average molecular weight is 449 g/mol. The number of hydrogen-bond acceptors (Lipinski definition) is 5. The molecule has 2 aromatic carbocycles. The number of alkyl halides is 3. The van der Waals surface area contributed by atoms with Gasteiger partial charge in [0.05, 0.1) is 13.7 Å². The molecule has 32 heavy (non-hydrogen) atoms. The Morgan fingerprint density at radius 2 is 1.81 bits per heavy atom. The topological polar surface area (TPSA) is 102 Å². The summed E-state index contributed by atoms with van der Waals surface area (Å²) in [6, 6.07) is 13.4. The Kier molecular flexibility index (Phi) is 6.67. The average Bonchev–Trinajstić information content (AvgIpc) is 2.74. The summed E-state index contributed by atoms with van der Waals surface area (Å²) in [6.45, 7) is -0.343. The molecule has 0 atom stereocenters. The molecule has 0 saturated heterocycles. The third-order valence-corrected chi connectivity index (χ3v) is 4.39. The lowest BCUT2D eigenvalue weighted by atomic mass is 10.2. The Morgan fingerprint density at radius 1 is 1.09 bits per heavy atom. The minimum Gasteiger partial charge on any atom is -0.497 e. The van der Waals surface area contributed by atoms with Crippen LogP contribution in [0.4, 0.5) is 13.2 Å². The van der Waals surface area contributed by atoms with Crippen LogP contribution in [0.25, 0.3) is 0 Å². The van der Waals surface area contributed by atoms with Crippen molar-refractivity contribution < 1.29 is 27.4 Å². The number of benzene rings is 2. The van der Waals surface area contributed by atoms with Crippen molar-refractivity contribution in [1.82, 2.24) is 14.9 Å². The number of hydrogen-bond donors (Lipinski definition) is 2. The van der Waals surface area contributed by atoms with E-state index in [0.717, 1.165) is 16.7 Å². The summed E-state index contributed by atoms with van der Waals surface area (Å²) in [6.07, 6.45) is -4.94. The van der Waals surface area contributed by atoms with Gasteiger partial charge < -0.3 is 19.8 Å². The zero-order chi connectivity index (χ0) is 23.3. The molecular weight excluding hydrogens is 431 g/mol. The smallest absolute Gasteiger partial charge is 0.497 e. The molecule has 0 fully saturated rings. The van der Waals surface area contributed by atoms with Gasteiger partial charge in [-0.2, -0.15) is 0 Å². The number of amides is 1. The summed E-state index contributed by atoms with van der Waals surface area (Å²) in [5.74, 6) is -1.27. The number of ether oxygens (including phenoxy) is 2. The number of nitrogens with zero attached hydrogens (tertiary/aromatic N) is 1. The van der Waals surface area contributed by atoms with Crippen LogP contribution in [-0.4, -0.2) is 28.9 Å². The van der Waals surface area contributed by atoms with Gasteiger partial charge in [0.15, 0.2) is 0 Å². The van der Waals surface area contributed by atoms with E-state index < -0.39 is 29.3 Å². The van der Waals surface area contributed by atoms with E-state index in [0.29, 0.717) is 5.56 Å². The fraction of sp³-hybridized carbons (Fsp3) is 0.190. The molecule has 0 aliphatic carbocycles. The Hall–Kier alpha value is -4.02. The van der Waals surface area contributed by atoms with Crippen LogP contribution in [0, 0.1) is 0 Å². The van der Waals surface area contributed by atoms with E-state index in [1.54, 1.807) is 30.3 Å². The number of carbonyl (C=O) groups is 1. The molecule has 0 bridgehead atoms. The second-order valence-electron chi connectivity index (χ2n) is 6.60. The van der Waals surface area contributed by atoms with Gasteiger partial charge in [0, 0.05) is 24.2 Å². The molecule has 11 heteroatoms. The first-order chi connectivity index (χ1) is 15.2. The largest absolute Gasteiger partial charge is 0.573 e. The van der Waals surface area contributed by atoms with Crippen molar-refractivity contribution >= 4 is 5.91 Å². The zero-order valence-corrected chi connectivity index (χ0v) is 16.7. The van der Waals surface area contributed by atoms with E-state index in [9.17, 15) is 27.6 Å². The van der Waals surface area contributed by atoms with Crippen molar-refractivity contribution in [3.05, 3.63) is 92.3 Å². The molecule has 0 aliphatic heterocycles. The fourth-order valence-corrected chi connectivity index (χ4v) is 2.86. The van der Waals surface area contributed by atoms with Gasteiger partial charge >= 0.3 is 12.1 Å². The third-order valence-electron chi connectivity index (χ3n) is 4.39. The Bertz CT molecular complexity index is 1190. The highest BCUT2D eigenvalue weighted by atomic mass is 19.4. The summed E-state index contributed by atoms with van der Waals surface area (Å²) >= 11 is 0. The molecule has 1 aromatic heterocycles. The molecule has 0 radical (unpaired) electrons. The maximum Gasteiger partial charge on any atom is 0.573 e. The van der Waals surface area contributed by atoms with E-state index in [2.05, 4.69) is 15.0 Å². The molecular formula is C21H18F3N3O5. The van der Waals surface area contributed by atoms with Crippen LogP contribution in [0.15, 0.2) is 64.2 Å². The van der Waals surface area contributed by atoms with Gasteiger partial charge in [-0.15, -0.1) is 13.2 Å². The van der Waals surface area contributed by atoms with E-state index in [1.165, 1.54) is 19.2 Å². The number of rotatable bonds is 7. The molecule has 1 amide bonds. The van der Waals surface area contributed by atoms with Crippen molar-refractivity contribution in [2.75, 3.05) is 7.11 Å².